The zero-order chi connectivity index (χ0) is 29.5. The van der Waals surface area contributed by atoms with Crippen LogP contribution in [0.25, 0.3) is 0 Å². The number of carboxylic acid groups (broad SMARTS) is 1. The molecule has 0 bridgehead atoms. The van der Waals surface area contributed by atoms with E-state index in [1.54, 1.807) is 13.8 Å². The van der Waals surface area contributed by atoms with Crippen molar-refractivity contribution in [3.05, 3.63) is 80.1 Å². The van der Waals surface area contributed by atoms with Crippen LogP contribution in [0.3, 0.4) is 0 Å². The summed E-state index contributed by atoms with van der Waals surface area (Å²) in [4.78, 5) is 41.6. The standard InChI is InChI=1S/C21H19ClF2N4O4.C2HF3O2/c1-11-5-17(32-10-13-3-4-15(23)6-16(13)24)19(22)21(31)28(11)8-14-7-25-12(2)26-20(14)27-18(30)9-29;3-2(4,5)1(6)7/h3-7,29H,8-10H2,1-2H3,(H,25,26,27,30);(H,6,7). The zero-order valence-electron chi connectivity index (χ0n) is 20.1. The van der Waals surface area contributed by atoms with Gasteiger partial charge in [-0.1, -0.05) is 11.6 Å². The molecule has 16 heteroatoms. The van der Waals surface area contributed by atoms with Crippen molar-refractivity contribution >= 4 is 29.3 Å². The summed E-state index contributed by atoms with van der Waals surface area (Å²) in [5, 5.41) is 18.3. The number of alkyl halides is 3. The normalized spacial score (nSPS) is 10.9. The van der Waals surface area contributed by atoms with Gasteiger partial charge in [-0.3, -0.25) is 9.59 Å². The zero-order valence-corrected chi connectivity index (χ0v) is 20.9. The number of anilines is 1. The van der Waals surface area contributed by atoms with Gasteiger partial charge in [0.15, 0.2) is 0 Å². The maximum Gasteiger partial charge on any atom is 0.490 e. The second-order valence-electron chi connectivity index (χ2n) is 7.68. The summed E-state index contributed by atoms with van der Waals surface area (Å²) in [6, 6.07) is 4.59. The van der Waals surface area contributed by atoms with Gasteiger partial charge in [-0.25, -0.2) is 23.5 Å². The molecule has 3 N–H and O–H groups in total. The Morgan fingerprint density at radius 3 is 2.36 bits per heavy atom. The number of pyridine rings is 1. The number of nitrogens with one attached hydrogen (secondary N) is 1. The number of nitrogens with zero attached hydrogens (tertiary/aromatic N) is 3. The molecule has 0 unspecified atom stereocenters. The third-order valence-electron chi connectivity index (χ3n) is 4.77. The second kappa shape index (κ2) is 13.1. The van der Waals surface area contributed by atoms with Gasteiger partial charge < -0.3 is 24.8 Å². The Labute approximate surface area is 221 Å². The lowest BCUT2D eigenvalue weighted by Gasteiger charge is -2.16. The highest BCUT2D eigenvalue weighted by Gasteiger charge is 2.38. The highest BCUT2D eigenvalue weighted by atomic mass is 35.5. The molecule has 0 saturated heterocycles. The molecule has 39 heavy (non-hydrogen) atoms. The Morgan fingerprint density at radius 1 is 1.15 bits per heavy atom. The van der Waals surface area contributed by atoms with Crippen molar-refractivity contribution in [3.63, 3.8) is 0 Å². The minimum absolute atomic E-state index is 0.0153. The van der Waals surface area contributed by atoms with E-state index in [1.165, 1.54) is 22.9 Å². The molecule has 3 aromatic rings. The Morgan fingerprint density at radius 2 is 1.79 bits per heavy atom. The summed E-state index contributed by atoms with van der Waals surface area (Å²) in [5.74, 6) is -4.31. The van der Waals surface area contributed by atoms with Gasteiger partial charge in [-0.2, -0.15) is 13.2 Å². The van der Waals surface area contributed by atoms with Crippen LogP contribution < -0.4 is 15.6 Å². The second-order valence-corrected chi connectivity index (χ2v) is 8.06. The third kappa shape index (κ3) is 8.71. The summed E-state index contributed by atoms with van der Waals surface area (Å²) in [5.41, 5.74) is 0.404. The van der Waals surface area contributed by atoms with Gasteiger partial charge in [0, 0.05) is 35.2 Å². The number of aliphatic hydroxyl groups excluding tert-OH is 1. The SMILES string of the molecule is Cc1ncc(Cn2c(C)cc(OCc3ccc(F)cc3F)c(Cl)c2=O)c(NC(=O)CO)n1.O=C(O)C(F)(F)F. The van der Waals surface area contributed by atoms with E-state index in [-0.39, 0.29) is 35.3 Å². The van der Waals surface area contributed by atoms with Gasteiger partial charge in [0.2, 0.25) is 0 Å². The fourth-order valence-electron chi connectivity index (χ4n) is 2.87. The molecule has 0 saturated carbocycles. The third-order valence-corrected chi connectivity index (χ3v) is 5.12. The van der Waals surface area contributed by atoms with E-state index >= 15 is 0 Å². The number of halogens is 6. The fraction of sp³-hybridized carbons (Fsp3) is 0.261. The van der Waals surface area contributed by atoms with Crippen LogP contribution in [0.15, 0.2) is 35.3 Å². The molecule has 2 heterocycles. The Bertz CT molecular complexity index is 1430. The van der Waals surface area contributed by atoms with E-state index in [4.69, 9.17) is 31.3 Å². The van der Waals surface area contributed by atoms with E-state index in [1.807, 2.05) is 0 Å². The summed E-state index contributed by atoms with van der Waals surface area (Å²) in [6.07, 6.45) is -3.63. The molecule has 10 nitrogen and oxygen atoms in total. The van der Waals surface area contributed by atoms with Crippen LogP contribution >= 0.6 is 11.6 Å². The number of aliphatic hydroxyl groups is 1. The highest BCUT2D eigenvalue weighted by molar-refractivity contribution is 6.31. The largest absolute Gasteiger partial charge is 0.490 e. The molecular weight excluding hydrogens is 559 g/mol. The maximum atomic E-state index is 13.8. The van der Waals surface area contributed by atoms with Crippen molar-refractivity contribution in [2.24, 2.45) is 0 Å². The number of rotatable bonds is 7. The van der Waals surface area contributed by atoms with Crippen molar-refractivity contribution in [1.82, 2.24) is 14.5 Å². The van der Waals surface area contributed by atoms with Crippen LogP contribution in [-0.2, 0) is 22.7 Å². The number of aryl methyl sites for hydroxylation is 2. The molecule has 1 amide bonds. The highest BCUT2D eigenvalue weighted by Crippen LogP contribution is 2.24. The van der Waals surface area contributed by atoms with Gasteiger partial charge in [0.1, 0.15) is 47.3 Å². The van der Waals surface area contributed by atoms with E-state index in [2.05, 4.69) is 15.3 Å². The van der Waals surface area contributed by atoms with Crippen molar-refractivity contribution in [3.8, 4) is 5.75 Å². The maximum absolute atomic E-state index is 13.8. The first-order valence-electron chi connectivity index (χ1n) is 10.6. The molecule has 0 fully saturated rings. The number of carboxylic acids is 1. The average molecular weight is 579 g/mol. The quantitative estimate of drug-likeness (QED) is 0.362. The minimum Gasteiger partial charge on any atom is -0.487 e. The first-order chi connectivity index (χ1) is 18.1. The van der Waals surface area contributed by atoms with Crippen molar-refractivity contribution in [1.29, 1.82) is 0 Å². The Balaban J connectivity index is 0.000000673. The number of amides is 1. The first-order valence-corrected chi connectivity index (χ1v) is 11.0. The number of benzene rings is 1. The lowest BCUT2D eigenvalue weighted by molar-refractivity contribution is -0.192. The smallest absolute Gasteiger partial charge is 0.487 e. The molecule has 0 aliphatic heterocycles. The number of aromatic nitrogens is 3. The number of ether oxygens (including phenoxy) is 1. The van der Waals surface area contributed by atoms with Gasteiger partial charge in [0.25, 0.3) is 11.5 Å². The van der Waals surface area contributed by atoms with Gasteiger partial charge in [0.05, 0.1) is 6.54 Å². The summed E-state index contributed by atoms with van der Waals surface area (Å²) in [6.45, 7) is 2.28. The van der Waals surface area contributed by atoms with E-state index < -0.39 is 41.9 Å². The summed E-state index contributed by atoms with van der Waals surface area (Å²) >= 11 is 6.19. The first kappa shape index (κ1) is 31.1. The van der Waals surface area contributed by atoms with Crippen LogP contribution in [0.4, 0.5) is 27.8 Å². The van der Waals surface area contributed by atoms with Crippen LogP contribution in [0.5, 0.6) is 5.75 Å². The number of carbonyl (C=O) groups is 2. The molecule has 0 atom stereocenters. The number of hydrogen-bond acceptors (Lipinski definition) is 7. The predicted octanol–water partition coefficient (Wildman–Crippen LogP) is 3.38. The molecule has 0 radical (unpaired) electrons. The van der Waals surface area contributed by atoms with Crippen molar-refractivity contribution in [2.45, 2.75) is 33.2 Å². The molecular formula is C23H20ClF5N4O6. The van der Waals surface area contributed by atoms with Gasteiger partial charge in [-0.15, -0.1) is 0 Å². The lowest BCUT2D eigenvalue weighted by Crippen LogP contribution is -2.25. The van der Waals surface area contributed by atoms with Crippen molar-refractivity contribution in [2.75, 3.05) is 11.9 Å². The minimum atomic E-state index is -5.08. The molecule has 3 rings (SSSR count). The molecule has 0 spiro atoms. The molecule has 1 aromatic carbocycles. The average Bonchev–Trinajstić information content (AvgIpc) is 2.85. The van der Waals surface area contributed by atoms with Crippen LogP contribution in [0, 0.1) is 25.5 Å². The van der Waals surface area contributed by atoms with Crippen LogP contribution in [0.2, 0.25) is 5.02 Å². The van der Waals surface area contributed by atoms with Crippen LogP contribution in [0.1, 0.15) is 22.6 Å². The monoisotopic (exact) mass is 578 g/mol. The molecule has 0 aliphatic rings. The Kier molecular flexibility index (Phi) is 10.5. The molecule has 2 aromatic heterocycles. The van der Waals surface area contributed by atoms with E-state index in [0.717, 1.165) is 12.1 Å². The lowest BCUT2D eigenvalue weighted by atomic mass is 10.2. The van der Waals surface area contributed by atoms with Crippen molar-refractivity contribution < 1.29 is 46.5 Å². The topological polar surface area (TPSA) is 144 Å². The number of aliphatic carboxylic acids is 1. The number of carbonyl (C=O) groups excluding carboxylic acids is 1. The van der Waals surface area contributed by atoms with E-state index in [9.17, 15) is 31.5 Å². The molecule has 210 valence electrons. The Hall–Kier alpha value is -4.11. The number of hydrogen-bond donors (Lipinski definition) is 3. The summed E-state index contributed by atoms with van der Waals surface area (Å²) in [7, 11) is 0. The van der Waals surface area contributed by atoms with Gasteiger partial charge in [-0.05, 0) is 26.0 Å². The summed E-state index contributed by atoms with van der Waals surface area (Å²) < 4.78 is 65.4. The van der Waals surface area contributed by atoms with Crippen LogP contribution in [-0.4, -0.2) is 49.4 Å². The molecule has 0 aliphatic carbocycles. The predicted molar refractivity (Wildman–Crippen MR) is 126 cm³/mol. The fourth-order valence-corrected chi connectivity index (χ4v) is 3.08. The van der Waals surface area contributed by atoms with Gasteiger partial charge >= 0.3 is 12.1 Å². The van der Waals surface area contributed by atoms with E-state index in [0.29, 0.717) is 17.1 Å².